The van der Waals surface area contributed by atoms with Crippen molar-refractivity contribution in [2.45, 2.75) is 6.04 Å². The lowest BCUT2D eigenvalue weighted by atomic mass is 10.0. The zero-order valence-corrected chi connectivity index (χ0v) is 21.9. The van der Waals surface area contributed by atoms with Crippen LogP contribution in [0.1, 0.15) is 22.7 Å². The summed E-state index contributed by atoms with van der Waals surface area (Å²) in [6.45, 7) is 0. The first-order valence-corrected chi connectivity index (χ1v) is 12.8. The van der Waals surface area contributed by atoms with Crippen LogP contribution in [0.5, 0.6) is 11.5 Å². The van der Waals surface area contributed by atoms with E-state index in [1.807, 2.05) is 60.7 Å². The molecule has 5 rings (SSSR count). The summed E-state index contributed by atoms with van der Waals surface area (Å²) in [5, 5.41) is 10.1. The molecule has 8 heteroatoms. The highest BCUT2D eigenvalue weighted by molar-refractivity contribution is 9.10. The smallest absolute Gasteiger partial charge is 0.271 e. The molecule has 1 unspecified atom stereocenters. The van der Waals surface area contributed by atoms with Gasteiger partial charge in [0.25, 0.3) is 5.56 Å². The van der Waals surface area contributed by atoms with Crippen LogP contribution >= 0.6 is 43.2 Å². The number of hydrogen-bond donors (Lipinski definition) is 1. The van der Waals surface area contributed by atoms with Crippen LogP contribution in [0.3, 0.4) is 0 Å². The minimum absolute atomic E-state index is 0.0175. The summed E-state index contributed by atoms with van der Waals surface area (Å²) in [7, 11) is 1.49. The Labute approximate surface area is 216 Å². The van der Waals surface area contributed by atoms with E-state index in [0.29, 0.717) is 19.6 Å². The van der Waals surface area contributed by atoms with E-state index in [4.69, 9.17) is 9.73 Å². The van der Waals surface area contributed by atoms with E-state index in [9.17, 15) is 9.90 Å². The number of aromatic nitrogens is 1. The van der Waals surface area contributed by atoms with Crippen LogP contribution in [0.15, 0.2) is 91.5 Å². The van der Waals surface area contributed by atoms with Crippen LogP contribution in [0, 0.1) is 0 Å². The lowest BCUT2D eigenvalue weighted by Crippen LogP contribution is -2.36. The molecule has 0 spiro atoms. The highest BCUT2D eigenvalue weighted by Crippen LogP contribution is 2.35. The number of aromatic hydroxyl groups is 1. The Morgan fingerprint density at radius 1 is 1.09 bits per heavy atom. The van der Waals surface area contributed by atoms with Gasteiger partial charge in [0, 0.05) is 4.47 Å². The van der Waals surface area contributed by atoms with Crippen molar-refractivity contribution >= 4 is 55.0 Å². The van der Waals surface area contributed by atoms with Gasteiger partial charge in [-0.05, 0) is 69.0 Å². The van der Waals surface area contributed by atoms with Gasteiger partial charge in [0.1, 0.15) is 0 Å². The Hall–Kier alpha value is -2.94. The molecule has 0 amide bonds. The first-order valence-electron chi connectivity index (χ1n) is 10.4. The molecular formula is C26H18Br2N2O3S. The largest absolute Gasteiger partial charge is 0.503 e. The Morgan fingerprint density at radius 3 is 2.53 bits per heavy atom. The standard InChI is InChI=1S/C26H18Br2N2O3S/c1-33-22-12-15(11-19(28)24(22)31)13-23-25(32)30-21(17-7-9-18(27)10-8-17)14-20(29-26(30)34-23)16-5-3-2-4-6-16/h2-14,21,31H,1H3. The van der Waals surface area contributed by atoms with Gasteiger partial charge in [-0.1, -0.05) is 69.7 Å². The van der Waals surface area contributed by atoms with E-state index < -0.39 is 0 Å². The highest BCUT2D eigenvalue weighted by Gasteiger charge is 2.22. The molecule has 2 heterocycles. The molecule has 0 bridgehead atoms. The third-order valence-corrected chi connectivity index (χ3v) is 7.61. The second-order valence-electron chi connectivity index (χ2n) is 7.65. The second kappa shape index (κ2) is 9.37. The van der Waals surface area contributed by atoms with Gasteiger partial charge in [0.2, 0.25) is 0 Å². The van der Waals surface area contributed by atoms with Gasteiger partial charge in [-0.25, -0.2) is 4.99 Å². The number of allylic oxidation sites excluding steroid dienone is 1. The number of benzene rings is 3. The van der Waals surface area contributed by atoms with Crippen LogP contribution in [-0.2, 0) is 0 Å². The number of halogens is 2. The third-order valence-electron chi connectivity index (χ3n) is 5.50. The number of phenolic OH excluding ortho intramolecular Hbond substituents is 1. The number of nitrogens with zero attached hydrogens (tertiary/aromatic N) is 2. The first kappa shape index (κ1) is 22.8. The topological polar surface area (TPSA) is 63.8 Å². The monoisotopic (exact) mass is 596 g/mol. The minimum Gasteiger partial charge on any atom is -0.503 e. The Bertz CT molecular complexity index is 1590. The van der Waals surface area contributed by atoms with Gasteiger partial charge in [-0.3, -0.25) is 9.36 Å². The fraction of sp³-hybridized carbons (Fsp3) is 0.0769. The summed E-state index contributed by atoms with van der Waals surface area (Å²) in [6.07, 6.45) is 3.82. The molecule has 0 radical (unpaired) electrons. The average molecular weight is 598 g/mol. The van der Waals surface area contributed by atoms with E-state index in [1.165, 1.54) is 18.4 Å². The molecule has 170 valence electrons. The van der Waals surface area contributed by atoms with Gasteiger partial charge >= 0.3 is 0 Å². The molecule has 34 heavy (non-hydrogen) atoms. The quantitative estimate of drug-likeness (QED) is 0.350. The molecule has 1 aromatic heterocycles. The Balaban J connectivity index is 1.72. The fourth-order valence-corrected chi connectivity index (χ4v) is 5.57. The highest BCUT2D eigenvalue weighted by atomic mass is 79.9. The van der Waals surface area contributed by atoms with Crippen molar-refractivity contribution in [1.29, 1.82) is 0 Å². The number of phenols is 1. The van der Waals surface area contributed by atoms with Crippen LogP contribution in [0.4, 0.5) is 0 Å². The number of thiazole rings is 1. The molecule has 1 atom stereocenters. The van der Waals surface area contributed by atoms with Crippen molar-refractivity contribution in [2.24, 2.45) is 4.99 Å². The van der Waals surface area contributed by atoms with Crippen LogP contribution < -0.4 is 19.6 Å². The Morgan fingerprint density at radius 2 is 1.82 bits per heavy atom. The molecule has 0 saturated heterocycles. The molecule has 3 aromatic carbocycles. The molecule has 0 fully saturated rings. The number of ether oxygens (including phenoxy) is 1. The van der Waals surface area contributed by atoms with Crippen molar-refractivity contribution in [3.8, 4) is 11.5 Å². The van der Waals surface area contributed by atoms with Crippen molar-refractivity contribution in [1.82, 2.24) is 4.57 Å². The SMILES string of the molecule is COc1cc(C=c2sc3n(c2=O)C(c2ccc(Br)cc2)C=C(c2ccccc2)N=3)cc(Br)c1O. The van der Waals surface area contributed by atoms with Gasteiger partial charge in [-0.15, -0.1) is 0 Å². The van der Waals surface area contributed by atoms with Gasteiger partial charge < -0.3 is 9.84 Å². The summed E-state index contributed by atoms with van der Waals surface area (Å²) in [5.74, 6) is 0.344. The molecule has 1 N–H and O–H groups in total. The maximum atomic E-state index is 13.6. The van der Waals surface area contributed by atoms with Crippen molar-refractivity contribution in [2.75, 3.05) is 7.11 Å². The Kier molecular flexibility index (Phi) is 6.29. The minimum atomic E-state index is -0.289. The van der Waals surface area contributed by atoms with Gasteiger partial charge in [0.05, 0.1) is 27.9 Å². The number of hydrogen-bond acceptors (Lipinski definition) is 5. The fourth-order valence-electron chi connectivity index (χ4n) is 3.83. The van der Waals surface area contributed by atoms with Crippen molar-refractivity contribution in [3.63, 3.8) is 0 Å². The third kappa shape index (κ3) is 4.29. The zero-order chi connectivity index (χ0) is 23.8. The van der Waals surface area contributed by atoms with E-state index >= 15 is 0 Å². The summed E-state index contributed by atoms with van der Waals surface area (Å²) < 4.78 is 9.00. The summed E-state index contributed by atoms with van der Waals surface area (Å²) in [6, 6.07) is 21.1. The summed E-state index contributed by atoms with van der Waals surface area (Å²) in [4.78, 5) is 19.0. The molecular weight excluding hydrogens is 580 g/mol. The predicted molar refractivity (Wildman–Crippen MR) is 142 cm³/mol. The number of rotatable bonds is 4. The second-order valence-corrected chi connectivity index (χ2v) is 10.4. The van der Waals surface area contributed by atoms with Crippen molar-refractivity contribution < 1.29 is 9.84 Å². The molecule has 4 aromatic rings. The number of fused-ring (bicyclic) bond motifs is 1. The molecule has 5 nitrogen and oxygen atoms in total. The van der Waals surface area contributed by atoms with E-state index in [2.05, 4.69) is 31.9 Å². The van der Waals surface area contributed by atoms with Gasteiger partial charge in [0.15, 0.2) is 16.3 Å². The molecule has 0 aliphatic carbocycles. The number of methoxy groups -OCH3 is 1. The molecule has 1 aliphatic heterocycles. The molecule has 0 saturated carbocycles. The zero-order valence-electron chi connectivity index (χ0n) is 17.9. The van der Waals surface area contributed by atoms with Crippen molar-refractivity contribution in [3.05, 3.63) is 118 Å². The lowest BCUT2D eigenvalue weighted by Gasteiger charge is -2.19. The normalized spacial score (nSPS) is 15.4. The van der Waals surface area contributed by atoms with E-state index in [1.54, 1.807) is 22.8 Å². The summed E-state index contributed by atoms with van der Waals surface area (Å²) >= 11 is 8.18. The lowest BCUT2D eigenvalue weighted by molar-refractivity contribution is 0.372. The van der Waals surface area contributed by atoms with Crippen LogP contribution in [-0.4, -0.2) is 16.8 Å². The maximum absolute atomic E-state index is 13.6. The molecule has 1 aliphatic rings. The van der Waals surface area contributed by atoms with Gasteiger partial charge in [-0.2, -0.15) is 0 Å². The maximum Gasteiger partial charge on any atom is 0.271 e. The van der Waals surface area contributed by atoms with Crippen LogP contribution in [0.25, 0.3) is 11.8 Å². The predicted octanol–water partition coefficient (Wildman–Crippen LogP) is 5.24. The van der Waals surface area contributed by atoms with E-state index in [0.717, 1.165) is 26.9 Å². The average Bonchev–Trinajstić information content (AvgIpc) is 3.16. The summed E-state index contributed by atoms with van der Waals surface area (Å²) in [5.41, 5.74) is 3.43. The first-order chi connectivity index (χ1) is 16.4. The van der Waals surface area contributed by atoms with E-state index in [-0.39, 0.29) is 17.4 Å². The van der Waals surface area contributed by atoms with Crippen LogP contribution in [0.2, 0.25) is 0 Å².